The highest BCUT2D eigenvalue weighted by molar-refractivity contribution is 5.96. The van der Waals surface area contributed by atoms with Gasteiger partial charge in [0.05, 0.1) is 18.7 Å². The number of amides is 3. The van der Waals surface area contributed by atoms with Crippen LogP contribution in [0.4, 0.5) is 10.5 Å². The molecule has 1 fully saturated rings. The van der Waals surface area contributed by atoms with Gasteiger partial charge < -0.3 is 20.3 Å². The molecule has 1 saturated heterocycles. The SMILES string of the molecule is COC[C@@H](C)NC(=O)N[C@H]1CC(=O)N(c2ccccc2)C1. The van der Waals surface area contributed by atoms with Gasteiger partial charge in [0.15, 0.2) is 0 Å². The first-order chi connectivity index (χ1) is 10.1. The number of urea groups is 1. The van der Waals surface area contributed by atoms with Crippen molar-refractivity contribution in [2.75, 3.05) is 25.2 Å². The second kappa shape index (κ2) is 7.08. The largest absolute Gasteiger partial charge is 0.383 e. The highest BCUT2D eigenvalue weighted by Gasteiger charge is 2.31. The van der Waals surface area contributed by atoms with Crippen LogP contribution in [0.25, 0.3) is 0 Å². The van der Waals surface area contributed by atoms with Crippen molar-refractivity contribution in [2.45, 2.75) is 25.4 Å². The number of carbonyl (C=O) groups excluding carboxylic acids is 2. The van der Waals surface area contributed by atoms with Crippen molar-refractivity contribution in [3.8, 4) is 0 Å². The van der Waals surface area contributed by atoms with E-state index in [4.69, 9.17) is 4.74 Å². The minimum absolute atomic E-state index is 0.0245. The summed E-state index contributed by atoms with van der Waals surface area (Å²) in [6.07, 6.45) is 0.320. The summed E-state index contributed by atoms with van der Waals surface area (Å²) in [7, 11) is 1.59. The molecule has 1 aliphatic heterocycles. The normalized spacial score (nSPS) is 19.4. The molecule has 3 amide bonds. The Morgan fingerprint density at radius 3 is 2.81 bits per heavy atom. The Labute approximate surface area is 124 Å². The molecular weight excluding hydrogens is 270 g/mol. The maximum atomic E-state index is 12.0. The topological polar surface area (TPSA) is 70.7 Å². The zero-order valence-corrected chi connectivity index (χ0v) is 12.3. The van der Waals surface area contributed by atoms with Gasteiger partial charge in [0.1, 0.15) is 0 Å². The maximum absolute atomic E-state index is 12.0. The predicted molar refractivity (Wildman–Crippen MR) is 80.2 cm³/mol. The molecule has 6 nitrogen and oxygen atoms in total. The molecule has 2 rings (SSSR count). The van der Waals surface area contributed by atoms with Crippen molar-refractivity contribution >= 4 is 17.6 Å². The lowest BCUT2D eigenvalue weighted by molar-refractivity contribution is -0.117. The van der Waals surface area contributed by atoms with Gasteiger partial charge in [-0.25, -0.2) is 4.79 Å². The van der Waals surface area contributed by atoms with Crippen LogP contribution in [0.1, 0.15) is 13.3 Å². The van der Waals surface area contributed by atoms with Crippen LogP contribution in [0.15, 0.2) is 30.3 Å². The Bertz CT molecular complexity index is 492. The van der Waals surface area contributed by atoms with Crippen LogP contribution in [0.5, 0.6) is 0 Å². The van der Waals surface area contributed by atoms with Crippen LogP contribution in [0.2, 0.25) is 0 Å². The number of methoxy groups -OCH3 is 1. The average molecular weight is 291 g/mol. The van der Waals surface area contributed by atoms with Crippen molar-refractivity contribution in [3.63, 3.8) is 0 Å². The lowest BCUT2D eigenvalue weighted by atomic mass is 10.2. The molecule has 6 heteroatoms. The Hall–Kier alpha value is -2.08. The highest BCUT2D eigenvalue weighted by atomic mass is 16.5. The molecule has 1 heterocycles. The van der Waals surface area contributed by atoms with Crippen molar-refractivity contribution in [1.82, 2.24) is 10.6 Å². The van der Waals surface area contributed by atoms with Gasteiger partial charge >= 0.3 is 6.03 Å². The predicted octanol–water partition coefficient (Wildman–Crippen LogP) is 1.13. The third-order valence-electron chi connectivity index (χ3n) is 3.32. The van der Waals surface area contributed by atoms with E-state index < -0.39 is 0 Å². The molecule has 0 unspecified atom stereocenters. The molecule has 0 aliphatic carbocycles. The summed E-state index contributed by atoms with van der Waals surface area (Å²) in [5, 5.41) is 5.60. The standard InChI is InChI=1S/C15H21N3O3/c1-11(10-21-2)16-15(20)17-12-8-14(19)18(9-12)13-6-4-3-5-7-13/h3-7,11-12H,8-10H2,1-2H3,(H2,16,17,20)/t11-,12+/m1/s1. The first-order valence-corrected chi connectivity index (χ1v) is 7.01. The van der Waals surface area contributed by atoms with Crippen molar-refractivity contribution in [1.29, 1.82) is 0 Å². The first-order valence-electron chi connectivity index (χ1n) is 7.01. The summed E-state index contributed by atoms with van der Waals surface area (Å²) >= 11 is 0. The molecule has 0 bridgehead atoms. The minimum atomic E-state index is -0.271. The van der Waals surface area contributed by atoms with E-state index in [-0.39, 0.29) is 24.0 Å². The lowest BCUT2D eigenvalue weighted by Crippen LogP contribution is -2.47. The van der Waals surface area contributed by atoms with Gasteiger partial charge in [-0.1, -0.05) is 18.2 Å². The fraction of sp³-hybridized carbons (Fsp3) is 0.467. The van der Waals surface area contributed by atoms with Crippen molar-refractivity contribution in [2.24, 2.45) is 0 Å². The fourth-order valence-electron chi connectivity index (χ4n) is 2.40. The summed E-state index contributed by atoms with van der Waals surface area (Å²) in [4.78, 5) is 25.6. The van der Waals surface area contributed by atoms with Crippen LogP contribution >= 0.6 is 0 Å². The van der Waals surface area contributed by atoms with Crippen LogP contribution < -0.4 is 15.5 Å². The van der Waals surface area contributed by atoms with E-state index in [9.17, 15) is 9.59 Å². The molecule has 0 radical (unpaired) electrons. The van der Waals surface area contributed by atoms with Crippen LogP contribution in [0.3, 0.4) is 0 Å². The lowest BCUT2D eigenvalue weighted by Gasteiger charge is -2.18. The molecule has 0 aromatic heterocycles. The summed E-state index contributed by atoms with van der Waals surface area (Å²) in [5.74, 6) is 0.0245. The van der Waals surface area contributed by atoms with Crippen LogP contribution in [0, 0.1) is 0 Å². The molecule has 1 aromatic carbocycles. The molecule has 114 valence electrons. The van der Waals surface area contributed by atoms with Gasteiger partial charge in [0.2, 0.25) is 5.91 Å². The van der Waals surface area contributed by atoms with Gasteiger partial charge in [-0.15, -0.1) is 0 Å². The molecular formula is C15H21N3O3. The molecule has 2 atom stereocenters. The molecule has 1 aromatic rings. The zero-order valence-electron chi connectivity index (χ0n) is 12.3. The maximum Gasteiger partial charge on any atom is 0.315 e. The summed E-state index contributed by atoms with van der Waals surface area (Å²) < 4.78 is 4.96. The summed E-state index contributed by atoms with van der Waals surface area (Å²) in [6, 6.07) is 8.95. The zero-order chi connectivity index (χ0) is 15.2. The smallest absolute Gasteiger partial charge is 0.315 e. The number of rotatable bonds is 5. The minimum Gasteiger partial charge on any atom is -0.383 e. The van der Waals surface area contributed by atoms with E-state index in [2.05, 4.69) is 10.6 Å². The Kier molecular flexibility index (Phi) is 5.16. The van der Waals surface area contributed by atoms with E-state index in [0.717, 1.165) is 5.69 Å². The van der Waals surface area contributed by atoms with Gasteiger partial charge in [0, 0.05) is 25.8 Å². The second-order valence-electron chi connectivity index (χ2n) is 5.22. The van der Waals surface area contributed by atoms with E-state index in [1.807, 2.05) is 37.3 Å². The number of nitrogens with zero attached hydrogens (tertiary/aromatic N) is 1. The van der Waals surface area contributed by atoms with Gasteiger partial charge in [-0.05, 0) is 19.1 Å². The van der Waals surface area contributed by atoms with Crippen molar-refractivity contribution in [3.05, 3.63) is 30.3 Å². The summed E-state index contributed by atoms with van der Waals surface area (Å²) in [5.41, 5.74) is 0.861. The molecule has 1 aliphatic rings. The summed E-state index contributed by atoms with van der Waals surface area (Å²) in [6.45, 7) is 2.81. The second-order valence-corrected chi connectivity index (χ2v) is 5.22. The van der Waals surface area contributed by atoms with E-state index >= 15 is 0 Å². The average Bonchev–Trinajstić information content (AvgIpc) is 2.80. The number of para-hydroxylation sites is 1. The number of hydrogen-bond acceptors (Lipinski definition) is 3. The molecule has 0 saturated carbocycles. The molecule has 2 N–H and O–H groups in total. The number of anilines is 1. The van der Waals surface area contributed by atoms with E-state index in [1.165, 1.54) is 0 Å². The van der Waals surface area contributed by atoms with E-state index in [1.54, 1.807) is 12.0 Å². The molecule has 21 heavy (non-hydrogen) atoms. The van der Waals surface area contributed by atoms with Gasteiger partial charge in [-0.2, -0.15) is 0 Å². The Morgan fingerprint density at radius 1 is 1.43 bits per heavy atom. The number of ether oxygens (including phenoxy) is 1. The van der Waals surface area contributed by atoms with Gasteiger partial charge in [0.25, 0.3) is 0 Å². The van der Waals surface area contributed by atoms with E-state index in [0.29, 0.717) is 19.6 Å². The quantitative estimate of drug-likeness (QED) is 0.854. The third-order valence-corrected chi connectivity index (χ3v) is 3.32. The molecule has 0 spiro atoms. The Morgan fingerprint density at radius 2 is 2.14 bits per heavy atom. The Balaban J connectivity index is 1.87. The first kappa shape index (κ1) is 15.3. The van der Waals surface area contributed by atoms with Gasteiger partial charge in [-0.3, -0.25) is 4.79 Å². The van der Waals surface area contributed by atoms with Crippen LogP contribution in [-0.2, 0) is 9.53 Å². The number of carbonyl (C=O) groups is 2. The number of hydrogen-bond donors (Lipinski definition) is 2. The highest BCUT2D eigenvalue weighted by Crippen LogP contribution is 2.20. The van der Waals surface area contributed by atoms with Crippen LogP contribution in [-0.4, -0.2) is 44.3 Å². The number of nitrogens with one attached hydrogen (secondary N) is 2. The third kappa shape index (κ3) is 4.19. The van der Waals surface area contributed by atoms with Crippen molar-refractivity contribution < 1.29 is 14.3 Å². The fourth-order valence-corrected chi connectivity index (χ4v) is 2.40. The number of benzene rings is 1. The monoisotopic (exact) mass is 291 g/mol.